The van der Waals surface area contributed by atoms with Gasteiger partial charge in [-0.1, -0.05) is 6.07 Å². The van der Waals surface area contributed by atoms with Crippen LogP contribution in [0.15, 0.2) is 23.2 Å². The molecular weight excluding hydrogens is 332 g/mol. The predicted molar refractivity (Wildman–Crippen MR) is 95.0 cm³/mol. The van der Waals surface area contributed by atoms with Crippen LogP contribution in [0.3, 0.4) is 0 Å². The minimum atomic E-state index is -3.14. The zero-order valence-corrected chi connectivity index (χ0v) is 15.1. The summed E-state index contributed by atoms with van der Waals surface area (Å²) in [6.07, 6.45) is 0.617. The standard InChI is InChI=1S/C15H26N4O4S/c1-4-24(20,21)19-9-5-8-17-15(16)18-11-12-6-7-13(22-2)14(10-12)23-3/h6-7,10,19H,4-5,8-9,11H2,1-3H3,(H3,16,17,18). The summed E-state index contributed by atoms with van der Waals surface area (Å²) in [4.78, 5) is 4.24. The molecule has 0 amide bonds. The van der Waals surface area contributed by atoms with Gasteiger partial charge in [-0.25, -0.2) is 18.1 Å². The van der Waals surface area contributed by atoms with Gasteiger partial charge < -0.3 is 20.5 Å². The Balaban J connectivity index is 2.39. The van der Waals surface area contributed by atoms with Crippen molar-refractivity contribution in [3.05, 3.63) is 23.8 Å². The summed E-state index contributed by atoms with van der Waals surface area (Å²) < 4.78 is 35.4. The smallest absolute Gasteiger partial charge is 0.211 e. The molecule has 136 valence electrons. The summed E-state index contributed by atoms with van der Waals surface area (Å²) in [5.74, 6) is 1.68. The number of hydrogen-bond donors (Lipinski definition) is 3. The van der Waals surface area contributed by atoms with Crippen molar-refractivity contribution in [1.82, 2.24) is 10.0 Å². The summed E-state index contributed by atoms with van der Waals surface area (Å²) >= 11 is 0. The highest BCUT2D eigenvalue weighted by atomic mass is 32.2. The molecule has 0 aliphatic heterocycles. The Hall–Kier alpha value is -2.00. The number of nitrogens with zero attached hydrogens (tertiary/aromatic N) is 1. The quantitative estimate of drug-likeness (QED) is 0.318. The first-order valence-corrected chi connectivity index (χ1v) is 9.29. The van der Waals surface area contributed by atoms with Gasteiger partial charge in [-0.05, 0) is 31.0 Å². The van der Waals surface area contributed by atoms with E-state index in [1.54, 1.807) is 21.1 Å². The number of methoxy groups -OCH3 is 2. The van der Waals surface area contributed by atoms with Gasteiger partial charge in [0.15, 0.2) is 17.5 Å². The normalized spacial score (nSPS) is 12.0. The average molecular weight is 358 g/mol. The Morgan fingerprint density at radius 3 is 2.54 bits per heavy atom. The molecule has 1 aromatic rings. The molecule has 0 heterocycles. The van der Waals surface area contributed by atoms with E-state index in [4.69, 9.17) is 15.2 Å². The van der Waals surface area contributed by atoms with Gasteiger partial charge in [0.2, 0.25) is 10.0 Å². The maximum atomic E-state index is 11.3. The third-order valence-corrected chi connectivity index (χ3v) is 4.65. The number of guanidine groups is 1. The summed E-state index contributed by atoms with van der Waals surface area (Å²) in [6.45, 7) is 2.90. The molecule has 9 heteroatoms. The lowest BCUT2D eigenvalue weighted by molar-refractivity contribution is 0.354. The Kier molecular flexibility index (Phi) is 8.34. The van der Waals surface area contributed by atoms with Crippen LogP contribution in [0.5, 0.6) is 11.5 Å². The van der Waals surface area contributed by atoms with E-state index in [0.717, 1.165) is 5.56 Å². The Morgan fingerprint density at radius 2 is 1.92 bits per heavy atom. The summed E-state index contributed by atoms with van der Waals surface area (Å²) in [7, 11) is 0.0183. The van der Waals surface area contributed by atoms with Crippen molar-refractivity contribution in [2.24, 2.45) is 10.7 Å². The Morgan fingerprint density at radius 1 is 1.21 bits per heavy atom. The van der Waals surface area contributed by atoms with Gasteiger partial charge in [-0.3, -0.25) is 0 Å². The molecule has 0 saturated carbocycles. The minimum absolute atomic E-state index is 0.0787. The van der Waals surface area contributed by atoms with E-state index in [0.29, 0.717) is 43.5 Å². The molecule has 4 N–H and O–H groups in total. The number of hydrogen-bond acceptors (Lipinski definition) is 5. The summed E-state index contributed by atoms with van der Waals surface area (Å²) in [6, 6.07) is 5.54. The van der Waals surface area contributed by atoms with Crippen LogP contribution in [0.2, 0.25) is 0 Å². The van der Waals surface area contributed by atoms with Gasteiger partial charge in [-0.15, -0.1) is 0 Å². The van der Waals surface area contributed by atoms with E-state index in [1.807, 2.05) is 18.2 Å². The van der Waals surface area contributed by atoms with Crippen LogP contribution < -0.4 is 25.2 Å². The molecule has 0 fully saturated rings. The lowest BCUT2D eigenvalue weighted by Gasteiger charge is -2.09. The first-order valence-electron chi connectivity index (χ1n) is 7.64. The van der Waals surface area contributed by atoms with Gasteiger partial charge in [0, 0.05) is 13.1 Å². The van der Waals surface area contributed by atoms with Gasteiger partial charge >= 0.3 is 0 Å². The van der Waals surface area contributed by atoms with Gasteiger partial charge in [-0.2, -0.15) is 0 Å². The third kappa shape index (κ3) is 7.05. The zero-order chi connectivity index (χ0) is 18.0. The molecule has 1 rings (SSSR count). The number of rotatable bonds is 10. The van der Waals surface area contributed by atoms with E-state index < -0.39 is 10.0 Å². The number of ether oxygens (including phenoxy) is 2. The highest BCUT2D eigenvalue weighted by molar-refractivity contribution is 7.89. The molecule has 1 aromatic carbocycles. The molecule has 0 spiro atoms. The van der Waals surface area contributed by atoms with Gasteiger partial charge in [0.05, 0.1) is 26.5 Å². The highest BCUT2D eigenvalue weighted by Crippen LogP contribution is 2.27. The minimum Gasteiger partial charge on any atom is -0.493 e. The molecular formula is C15H26N4O4S. The fourth-order valence-electron chi connectivity index (χ4n) is 1.85. The first-order chi connectivity index (χ1) is 11.4. The number of aliphatic imine (C=N–C) groups is 1. The SMILES string of the molecule is CCS(=O)(=O)NCCCNC(N)=NCc1ccc(OC)c(OC)c1. The molecule has 0 aromatic heterocycles. The highest BCUT2D eigenvalue weighted by Gasteiger charge is 2.05. The fourth-order valence-corrected chi connectivity index (χ4v) is 2.51. The average Bonchev–Trinajstić information content (AvgIpc) is 2.59. The lowest BCUT2D eigenvalue weighted by Crippen LogP contribution is -2.34. The van der Waals surface area contributed by atoms with Crippen LogP contribution in [0.25, 0.3) is 0 Å². The second kappa shape index (κ2) is 9.99. The van der Waals surface area contributed by atoms with E-state index in [-0.39, 0.29) is 5.75 Å². The summed E-state index contributed by atoms with van der Waals surface area (Å²) in [5.41, 5.74) is 6.72. The molecule has 0 aliphatic rings. The molecule has 8 nitrogen and oxygen atoms in total. The Labute approximate surface area is 143 Å². The molecule has 0 saturated heterocycles. The molecule has 0 radical (unpaired) electrons. The topological polar surface area (TPSA) is 115 Å². The van der Waals surface area contributed by atoms with Crippen molar-refractivity contribution in [3.63, 3.8) is 0 Å². The number of nitrogens with two attached hydrogens (primary N) is 1. The lowest BCUT2D eigenvalue weighted by atomic mass is 10.2. The predicted octanol–water partition coefficient (Wildman–Crippen LogP) is 0.438. The van der Waals surface area contributed by atoms with Crippen LogP contribution in [0.4, 0.5) is 0 Å². The third-order valence-electron chi connectivity index (χ3n) is 3.24. The van der Waals surface area contributed by atoms with E-state index in [2.05, 4.69) is 15.0 Å². The molecule has 0 unspecified atom stereocenters. The van der Waals surface area contributed by atoms with Gasteiger partial charge in [0.25, 0.3) is 0 Å². The maximum absolute atomic E-state index is 11.3. The second-order valence-corrected chi connectivity index (χ2v) is 7.06. The number of sulfonamides is 1. The van der Waals surface area contributed by atoms with E-state index >= 15 is 0 Å². The van der Waals surface area contributed by atoms with Crippen molar-refractivity contribution < 1.29 is 17.9 Å². The van der Waals surface area contributed by atoms with Crippen LogP contribution >= 0.6 is 0 Å². The summed E-state index contributed by atoms with van der Waals surface area (Å²) in [5, 5.41) is 2.95. The van der Waals surface area contributed by atoms with Crippen LogP contribution in [-0.4, -0.2) is 47.4 Å². The van der Waals surface area contributed by atoms with Crippen molar-refractivity contribution >= 4 is 16.0 Å². The molecule has 0 atom stereocenters. The molecule has 0 aliphatic carbocycles. The second-order valence-electron chi connectivity index (χ2n) is 4.97. The van der Waals surface area contributed by atoms with Crippen molar-refractivity contribution in [1.29, 1.82) is 0 Å². The van der Waals surface area contributed by atoms with Crippen molar-refractivity contribution in [3.8, 4) is 11.5 Å². The van der Waals surface area contributed by atoms with Crippen LogP contribution in [0, 0.1) is 0 Å². The Bertz CT molecular complexity index is 647. The van der Waals surface area contributed by atoms with Crippen LogP contribution in [0.1, 0.15) is 18.9 Å². The zero-order valence-electron chi connectivity index (χ0n) is 14.3. The van der Waals surface area contributed by atoms with Crippen molar-refractivity contribution in [2.45, 2.75) is 19.9 Å². The number of benzene rings is 1. The molecule has 0 bridgehead atoms. The number of nitrogens with one attached hydrogen (secondary N) is 2. The van der Waals surface area contributed by atoms with E-state index in [1.165, 1.54) is 0 Å². The fraction of sp³-hybridized carbons (Fsp3) is 0.533. The maximum Gasteiger partial charge on any atom is 0.211 e. The largest absolute Gasteiger partial charge is 0.493 e. The monoisotopic (exact) mass is 358 g/mol. The van der Waals surface area contributed by atoms with Crippen LogP contribution in [-0.2, 0) is 16.6 Å². The van der Waals surface area contributed by atoms with Gasteiger partial charge in [0.1, 0.15) is 0 Å². The first kappa shape index (κ1) is 20.0. The van der Waals surface area contributed by atoms with Crippen molar-refractivity contribution in [2.75, 3.05) is 33.1 Å². The van der Waals surface area contributed by atoms with E-state index in [9.17, 15) is 8.42 Å². The molecule has 24 heavy (non-hydrogen) atoms.